The number of hydrogen-bond acceptors (Lipinski definition) is 4. The summed E-state index contributed by atoms with van der Waals surface area (Å²) in [5, 5.41) is 3.53. The van der Waals surface area contributed by atoms with Gasteiger partial charge in [-0.3, -0.25) is 9.89 Å². The van der Waals surface area contributed by atoms with Crippen LogP contribution in [0, 0.1) is 0 Å². The number of rotatable bonds is 4. The highest BCUT2D eigenvalue weighted by Gasteiger charge is 2.26. The first-order chi connectivity index (χ1) is 12.1. The van der Waals surface area contributed by atoms with E-state index in [1.165, 1.54) is 25.8 Å². The predicted molar refractivity (Wildman–Crippen MR) is 116 cm³/mol. The number of aliphatic imine (C=N–C) groups is 1. The fraction of sp³-hybridized carbons (Fsp3) is 0.889. The quantitative estimate of drug-likeness (QED) is 0.379. The van der Waals surface area contributed by atoms with Gasteiger partial charge in [-0.1, -0.05) is 6.42 Å². The summed E-state index contributed by atoms with van der Waals surface area (Å²) < 4.78 is 5.08. The lowest BCUT2D eigenvalue weighted by atomic mass is 10.0. The Morgan fingerprint density at radius 3 is 2.42 bits per heavy atom. The maximum Gasteiger partial charge on any atom is 0.409 e. The maximum absolute atomic E-state index is 11.8. The number of carbonyl (C=O) groups is 1. The molecule has 7 nitrogen and oxygen atoms in total. The largest absolute Gasteiger partial charge is 0.450 e. The highest BCUT2D eigenvalue weighted by Crippen LogP contribution is 2.18. The molecule has 0 radical (unpaired) electrons. The van der Waals surface area contributed by atoms with Gasteiger partial charge in [0.2, 0.25) is 0 Å². The van der Waals surface area contributed by atoms with Crippen LogP contribution in [0.15, 0.2) is 4.99 Å². The van der Waals surface area contributed by atoms with E-state index >= 15 is 0 Å². The fourth-order valence-electron chi connectivity index (χ4n) is 3.78. The second kappa shape index (κ2) is 11.8. The number of nitrogens with zero attached hydrogens (tertiary/aromatic N) is 4. The van der Waals surface area contributed by atoms with Crippen molar-refractivity contribution in [1.29, 1.82) is 0 Å². The molecule has 2 aliphatic heterocycles. The van der Waals surface area contributed by atoms with Crippen molar-refractivity contribution in [2.24, 2.45) is 4.99 Å². The summed E-state index contributed by atoms with van der Waals surface area (Å²) in [5.74, 6) is 0.931. The number of nitrogens with one attached hydrogen (secondary N) is 1. The number of carbonyl (C=O) groups excluding carboxylic acids is 1. The first-order valence-electron chi connectivity index (χ1n) is 9.69. The zero-order valence-corrected chi connectivity index (χ0v) is 19.1. The smallest absolute Gasteiger partial charge is 0.409 e. The van der Waals surface area contributed by atoms with Crippen LogP contribution in [-0.4, -0.2) is 91.8 Å². The average molecular weight is 481 g/mol. The Morgan fingerprint density at radius 1 is 1.19 bits per heavy atom. The third-order valence-electron chi connectivity index (χ3n) is 5.29. The number of piperazine rings is 1. The van der Waals surface area contributed by atoms with Crippen LogP contribution < -0.4 is 5.32 Å². The Balaban J connectivity index is 0.00000338. The zero-order valence-electron chi connectivity index (χ0n) is 16.7. The third-order valence-corrected chi connectivity index (χ3v) is 5.29. The van der Waals surface area contributed by atoms with Crippen molar-refractivity contribution in [3.63, 3.8) is 0 Å². The monoisotopic (exact) mass is 481 g/mol. The molecule has 0 aromatic heterocycles. The molecule has 26 heavy (non-hydrogen) atoms. The first-order valence-corrected chi connectivity index (χ1v) is 9.69. The van der Waals surface area contributed by atoms with Gasteiger partial charge in [-0.25, -0.2) is 4.79 Å². The summed E-state index contributed by atoms with van der Waals surface area (Å²) in [7, 11) is 1.83. The van der Waals surface area contributed by atoms with E-state index in [4.69, 9.17) is 4.74 Å². The van der Waals surface area contributed by atoms with Crippen LogP contribution in [0.2, 0.25) is 0 Å². The highest BCUT2D eigenvalue weighted by molar-refractivity contribution is 14.0. The summed E-state index contributed by atoms with van der Waals surface area (Å²) in [6, 6.07) is 1.16. The minimum Gasteiger partial charge on any atom is -0.450 e. The molecule has 1 N–H and O–H groups in total. The summed E-state index contributed by atoms with van der Waals surface area (Å²) >= 11 is 0. The number of amides is 1. The molecule has 152 valence electrons. The lowest BCUT2D eigenvalue weighted by Crippen LogP contribution is -2.55. The SMILES string of the molecule is CCOC(=O)N1CCN(C(=NC)NCC(C)N2CCCCC2C)CC1.I. The molecule has 0 saturated carbocycles. The van der Waals surface area contributed by atoms with Crippen molar-refractivity contribution in [2.75, 3.05) is 52.9 Å². The zero-order chi connectivity index (χ0) is 18.2. The number of ether oxygens (including phenoxy) is 1. The van der Waals surface area contributed by atoms with E-state index in [-0.39, 0.29) is 30.1 Å². The van der Waals surface area contributed by atoms with Gasteiger partial charge in [0.15, 0.2) is 5.96 Å². The van der Waals surface area contributed by atoms with Gasteiger partial charge < -0.3 is 19.9 Å². The van der Waals surface area contributed by atoms with Crippen LogP contribution in [0.1, 0.15) is 40.0 Å². The second-order valence-electron chi connectivity index (χ2n) is 7.03. The summed E-state index contributed by atoms with van der Waals surface area (Å²) in [6.45, 7) is 11.9. The van der Waals surface area contributed by atoms with Gasteiger partial charge in [0, 0.05) is 51.9 Å². The Hall–Kier alpha value is -0.770. The highest BCUT2D eigenvalue weighted by atomic mass is 127. The van der Waals surface area contributed by atoms with Crippen molar-refractivity contribution >= 4 is 36.0 Å². The molecule has 2 rings (SSSR count). The molecule has 2 saturated heterocycles. The van der Waals surface area contributed by atoms with Gasteiger partial charge in [-0.05, 0) is 40.2 Å². The molecular weight excluding hydrogens is 445 g/mol. The normalized spacial score (nSPS) is 23.2. The Morgan fingerprint density at radius 2 is 1.85 bits per heavy atom. The summed E-state index contributed by atoms with van der Waals surface area (Å²) in [6.07, 6.45) is 3.75. The minimum atomic E-state index is -0.210. The van der Waals surface area contributed by atoms with Crippen molar-refractivity contribution in [3.05, 3.63) is 0 Å². The molecule has 2 aliphatic rings. The number of piperidine rings is 1. The van der Waals surface area contributed by atoms with Crippen LogP contribution in [0.3, 0.4) is 0 Å². The molecular formula is C18H36IN5O2. The van der Waals surface area contributed by atoms with E-state index in [2.05, 4.69) is 34.0 Å². The van der Waals surface area contributed by atoms with Gasteiger partial charge in [0.1, 0.15) is 0 Å². The number of hydrogen-bond donors (Lipinski definition) is 1. The van der Waals surface area contributed by atoms with E-state index in [1.807, 2.05) is 14.0 Å². The van der Waals surface area contributed by atoms with Gasteiger partial charge in [0.25, 0.3) is 0 Å². The van der Waals surface area contributed by atoms with Crippen LogP contribution >= 0.6 is 24.0 Å². The van der Waals surface area contributed by atoms with E-state index < -0.39 is 0 Å². The van der Waals surface area contributed by atoms with Crippen LogP contribution in [0.5, 0.6) is 0 Å². The Kier molecular flexibility index (Phi) is 10.6. The standard InChI is InChI=1S/C18H35N5O2.HI/c1-5-25-18(24)22-12-10-21(11-13-22)17(19-4)20-14-16(3)23-9-7-6-8-15(23)2;/h15-16H,5-14H2,1-4H3,(H,19,20);1H. The molecule has 0 aliphatic carbocycles. The van der Waals surface area contributed by atoms with Crippen molar-refractivity contribution in [3.8, 4) is 0 Å². The van der Waals surface area contributed by atoms with Crippen LogP contribution in [0.25, 0.3) is 0 Å². The van der Waals surface area contributed by atoms with E-state index in [9.17, 15) is 4.79 Å². The number of guanidine groups is 1. The molecule has 2 fully saturated rings. The molecule has 2 atom stereocenters. The predicted octanol–water partition coefficient (Wildman–Crippen LogP) is 2.22. The van der Waals surface area contributed by atoms with E-state index in [0.29, 0.717) is 31.8 Å². The third kappa shape index (κ3) is 6.44. The summed E-state index contributed by atoms with van der Waals surface area (Å²) in [5.41, 5.74) is 0. The van der Waals surface area contributed by atoms with Gasteiger partial charge in [-0.15, -0.1) is 24.0 Å². The fourth-order valence-corrected chi connectivity index (χ4v) is 3.78. The molecule has 0 aromatic rings. The van der Waals surface area contributed by atoms with Crippen LogP contribution in [-0.2, 0) is 4.74 Å². The van der Waals surface area contributed by atoms with Gasteiger partial charge >= 0.3 is 6.09 Å². The molecule has 8 heteroatoms. The number of likely N-dealkylation sites (tertiary alicyclic amines) is 1. The molecule has 0 spiro atoms. The average Bonchev–Trinajstić information content (AvgIpc) is 2.63. The van der Waals surface area contributed by atoms with Crippen molar-refractivity contribution in [1.82, 2.24) is 20.0 Å². The van der Waals surface area contributed by atoms with Gasteiger partial charge in [0.05, 0.1) is 6.61 Å². The Labute approximate surface area is 175 Å². The van der Waals surface area contributed by atoms with Crippen molar-refractivity contribution in [2.45, 2.75) is 52.1 Å². The van der Waals surface area contributed by atoms with Gasteiger partial charge in [-0.2, -0.15) is 0 Å². The second-order valence-corrected chi connectivity index (χ2v) is 7.03. The molecule has 2 heterocycles. The topological polar surface area (TPSA) is 60.4 Å². The summed E-state index contributed by atoms with van der Waals surface area (Å²) in [4.78, 5) is 22.8. The lowest BCUT2D eigenvalue weighted by molar-refractivity contribution is 0.0910. The molecule has 1 amide bonds. The Bertz CT molecular complexity index is 455. The van der Waals surface area contributed by atoms with E-state index in [0.717, 1.165) is 25.6 Å². The molecule has 0 bridgehead atoms. The first kappa shape index (κ1) is 23.3. The van der Waals surface area contributed by atoms with Crippen molar-refractivity contribution < 1.29 is 9.53 Å². The lowest BCUT2D eigenvalue weighted by Gasteiger charge is -2.39. The minimum absolute atomic E-state index is 0. The maximum atomic E-state index is 11.8. The van der Waals surface area contributed by atoms with E-state index in [1.54, 1.807) is 4.90 Å². The number of halogens is 1. The molecule has 2 unspecified atom stereocenters. The van der Waals surface area contributed by atoms with Crippen LogP contribution in [0.4, 0.5) is 4.79 Å². The molecule has 0 aromatic carbocycles.